The van der Waals surface area contributed by atoms with E-state index < -0.39 is 18.2 Å². The molecular weight excluding hydrogens is 236 g/mol. The quantitative estimate of drug-likeness (QED) is 0.412. The lowest BCUT2D eigenvalue weighted by molar-refractivity contribution is -0.160. The van der Waals surface area contributed by atoms with Gasteiger partial charge in [0, 0.05) is 0 Å². The van der Waals surface area contributed by atoms with E-state index in [1.165, 1.54) is 0 Å². The van der Waals surface area contributed by atoms with Gasteiger partial charge in [0.15, 0.2) is 18.7 Å². The van der Waals surface area contributed by atoms with Crippen LogP contribution in [0.15, 0.2) is 30.3 Å². The summed E-state index contributed by atoms with van der Waals surface area (Å²) >= 11 is 0. The molecule has 5 nitrogen and oxygen atoms in total. The summed E-state index contributed by atoms with van der Waals surface area (Å²) in [5.74, 6) is -0.208. The van der Waals surface area contributed by atoms with E-state index in [-0.39, 0.29) is 12.6 Å². The van der Waals surface area contributed by atoms with Gasteiger partial charge in [-0.15, -0.1) is 0 Å². The number of ether oxygens (including phenoxy) is 2. The fourth-order valence-electron chi connectivity index (χ4n) is 1.26. The molecule has 0 amide bonds. The van der Waals surface area contributed by atoms with E-state index in [1.807, 2.05) is 6.07 Å². The van der Waals surface area contributed by atoms with Crippen LogP contribution >= 0.6 is 0 Å². The average Bonchev–Trinajstić information content (AvgIpc) is 2.43. The van der Waals surface area contributed by atoms with Gasteiger partial charge in [-0.2, -0.15) is 0 Å². The number of aldehydes is 2. The molecule has 1 aromatic rings. The predicted molar refractivity (Wildman–Crippen MR) is 63.2 cm³/mol. The molecule has 0 spiro atoms. The summed E-state index contributed by atoms with van der Waals surface area (Å²) < 4.78 is 10.1. The first-order valence-corrected chi connectivity index (χ1v) is 5.54. The third-order valence-corrected chi connectivity index (χ3v) is 2.18. The number of carbonyl (C=O) groups excluding carboxylic acids is 3. The van der Waals surface area contributed by atoms with E-state index in [0.29, 0.717) is 12.2 Å². The van der Waals surface area contributed by atoms with Crippen molar-refractivity contribution in [1.29, 1.82) is 0 Å². The molecule has 0 radical (unpaired) electrons. The molecule has 0 aliphatic rings. The number of para-hydroxylation sites is 1. The van der Waals surface area contributed by atoms with Gasteiger partial charge in [0.05, 0.1) is 0 Å². The number of benzene rings is 1. The molecule has 0 fully saturated rings. The van der Waals surface area contributed by atoms with Crippen molar-refractivity contribution < 1.29 is 23.9 Å². The third kappa shape index (κ3) is 4.01. The zero-order valence-corrected chi connectivity index (χ0v) is 9.94. The number of hydrogen-bond donors (Lipinski definition) is 0. The smallest absolute Gasteiger partial charge is 0.348 e. The van der Waals surface area contributed by atoms with E-state index >= 15 is 0 Å². The van der Waals surface area contributed by atoms with E-state index in [1.54, 1.807) is 31.2 Å². The molecule has 0 saturated heterocycles. The molecule has 96 valence electrons. The minimum absolute atomic E-state index is 0.264. The van der Waals surface area contributed by atoms with Crippen molar-refractivity contribution in [2.75, 3.05) is 0 Å². The standard InChI is InChI=1S/C13H14O5/c1-2-12(13(16)18-11(8-14)9-15)17-10-6-4-3-5-7-10/h3-9,11-12H,2H2,1H3. The maximum absolute atomic E-state index is 11.6. The van der Waals surface area contributed by atoms with Crippen molar-refractivity contribution >= 4 is 18.5 Å². The minimum Gasteiger partial charge on any atom is -0.479 e. The molecule has 0 aliphatic carbocycles. The SMILES string of the molecule is CCC(Oc1ccccc1)C(=O)OC(C=O)C=O. The summed E-state index contributed by atoms with van der Waals surface area (Å²) in [5, 5.41) is 0. The normalized spacial score (nSPS) is 11.7. The second-order valence-corrected chi connectivity index (χ2v) is 3.50. The maximum atomic E-state index is 11.6. The molecule has 0 aromatic heterocycles. The highest BCUT2D eigenvalue weighted by Crippen LogP contribution is 2.13. The fourth-order valence-corrected chi connectivity index (χ4v) is 1.26. The van der Waals surface area contributed by atoms with Crippen LogP contribution in [0.25, 0.3) is 0 Å². The summed E-state index contributed by atoms with van der Waals surface area (Å²) in [4.78, 5) is 32.4. The van der Waals surface area contributed by atoms with Crippen molar-refractivity contribution in [2.45, 2.75) is 25.6 Å². The van der Waals surface area contributed by atoms with Gasteiger partial charge in [0.2, 0.25) is 6.10 Å². The molecule has 1 unspecified atom stereocenters. The number of carbonyl (C=O) groups is 3. The van der Waals surface area contributed by atoms with E-state index in [9.17, 15) is 14.4 Å². The number of hydrogen-bond acceptors (Lipinski definition) is 5. The lowest BCUT2D eigenvalue weighted by atomic mass is 10.2. The molecular formula is C13H14O5. The van der Waals surface area contributed by atoms with Crippen LogP contribution in [0.1, 0.15) is 13.3 Å². The first kappa shape index (κ1) is 13.9. The van der Waals surface area contributed by atoms with Crippen molar-refractivity contribution in [3.05, 3.63) is 30.3 Å². The molecule has 0 saturated carbocycles. The largest absolute Gasteiger partial charge is 0.479 e. The van der Waals surface area contributed by atoms with E-state index in [4.69, 9.17) is 4.74 Å². The van der Waals surface area contributed by atoms with Gasteiger partial charge >= 0.3 is 5.97 Å². The Morgan fingerprint density at radius 2 is 1.83 bits per heavy atom. The Morgan fingerprint density at radius 1 is 1.22 bits per heavy atom. The van der Waals surface area contributed by atoms with Crippen LogP contribution in [-0.4, -0.2) is 30.7 Å². The molecule has 0 heterocycles. The zero-order valence-electron chi connectivity index (χ0n) is 9.94. The summed E-state index contributed by atoms with van der Waals surface area (Å²) in [6.07, 6.45) is -1.31. The van der Waals surface area contributed by atoms with Crippen LogP contribution in [0.2, 0.25) is 0 Å². The Morgan fingerprint density at radius 3 is 2.33 bits per heavy atom. The number of rotatable bonds is 7. The van der Waals surface area contributed by atoms with Crippen LogP contribution in [0.5, 0.6) is 5.75 Å². The van der Waals surface area contributed by atoms with Gasteiger partial charge in [-0.05, 0) is 18.6 Å². The van der Waals surface area contributed by atoms with Crippen molar-refractivity contribution in [1.82, 2.24) is 0 Å². The van der Waals surface area contributed by atoms with Gasteiger partial charge in [-0.1, -0.05) is 25.1 Å². The van der Waals surface area contributed by atoms with Crippen LogP contribution < -0.4 is 4.74 Å². The monoisotopic (exact) mass is 250 g/mol. The highest BCUT2D eigenvalue weighted by molar-refractivity contribution is 5.86. The topological polar surface area (TPSA) is 69.7 Å². The van der Waals surface area contributed by atoms with Crippen LogP contribution in [0.4, 0.5) is 0 Å². The molecule has 5 heteroatoms. The van der Waals surface area contributed by atoms with E-state index in [0.717, 1.165) is 0 Å². The van der Waals surface area contributed by atoms with Gasteiger partial charge in [-0.3, -0.25) is 9.59 Å². The minimum atomic E-state index is -1.37. The lowest BCUT2D eigenvalue weighted by Gasteiger charge is -2.17. The Labute approximate surface area is 105 Å². The zero-order chi connectivity index (χ0) is 13.4. The van der Waals surface area contributed by atoms with E-state index in [2.05, 4.69) is 4.74 Å². The molecule has 0 N–H and O–H groups in total. The highest BCUT2D eigenvalue weighted by atomic mass is 16.6. The second-order valence-electron chi connectivity index (χ2n) is 3.50. The van der Waals surface area contributed by atoms with Crippen LogP contribution in [-0.2, 0) is 19.1 Å². The second kappa shape index (κ2) is 7.21. The Balaban J connectivity index is 2.63. The predicted octanol–water partition coefficient (Wildman–Crippen LogP) is 1.15. The Kier molecular flexibility index (Phi) is 5.57. The fraction of sp³-hybridized carbons (Fsp3) is 0.308. The molecule has 18 heavy (non-hydrogen) atoms. The first-order chi connectivity index (χ1) is 8.71. The van der Waals surface area contributed by atoms with Gasteiger partial charge < -0.3 is 9.47 Å². The van der Waals surface area contributed by atoms with Crippen molar-refractivity contribution in [2.24, 2.45) is 0 Å². The first-order valence-electron chi connectivity index (χ1n) is 5.54. The third-order valence-electron chi connectivity index (χ3n) is 2.18. The van der Waals surface area contributed by atoms with Crippen LogP contribution in [0, 0.1) is 0 Å². The Bertz CT molecular complexity index is 393. The van der Waals surface area contributed by atoms with Crippen molar-refractivity contribution in [3.63, 3.8) is 0 Å². The van der Waals surface area contributed by atoms with Crippen molar-refractivity contribution in [3.8, 4) is 5.75 Å². The van der Waals surface area contributed by atoms with Crippen LogP contribution in [0.3, 0.4) is 0 Å². The van der Waals surface area contributed by atoms with Gasteiger partial charge in [0.25, 0.3) is 0 Å². The Hall–Kier alpha value is -2.17. The summed E-state index contributed by atoms with van der Waals surface area (Å²) in [5.41, 5.74) is 0. The lowest BCUT2D eigenvalue weighted by Crippen LogP contribution is -2.33. The van der Waals surface area contributed by atoms with Gasteiger partial charge in [-0.25, -0.2) is 4.79 Å². The average molecular weight is 250 g/mol. The maximum Gasteiger partial charge on any atom is 0.348 e. The summed E-state index contributed by atoms with van der Waals surface area (Å²) in [6, 6.07) is 8.76. The molecule has 1 atom stereocenters. The molecule has 0 bridgehead atoms. The summed E-state index contributed by atoms with van der Waals surface area (Å²) in [6.45, 7) is 1.74. The number of esters is 1. The molecule has 1 aromatic carbocycles. The molecule has 0 aliphatic heterocycles. The van der Waals surface area contributed by atoms with Gasteiger partial charge in [0.1, 0.15) is 5.75 Å². The molecule has 1 rings (SSSR count). The highest BCUT2D eigenvalue weighted by Gasteiger charge is 2.23. The summed E-state index contributed by atoms with van der Waals surface area (Å²) in [7, 11) is 0.